The van der Waals surface area contributed by atoms with Crippen molar-refractivity contribution >= 4 is 33.6 Å². The fourth-order valence-corrected chi connectivity index (χ4v) is 2.13. The molecule has 0 aliphatic rings. The first-order valence-electron chi connectivity index (χ1n) is 5.72. The van der Waals surface area contributed by atoms with Gasteiger partial charge in [0.05, 0.1) is 11.6 Å². The number of nitrogens with zero attached hydrogens (tertiary/aromatic N) is 3. The van der Waals surface area contributed by atoms with E-state index in [9.17, 15) is 4.21 Å². The molecule has 7 nitrogen and oxygen atoms in total. The van der Waals surface area contributed by atoms with Crippen molar-refractivity contribution in [2.45, 2.75) is 6.92 Å². The van der Waals surface area contributed by atoms with E-state index < -0.39 is 10.8 Å². The van der Waals surface area contributed by atoms with E-state index in [0.29, 0.717) is 35.5 Å². The SMILES string of the molecule is CCS(=O)CCNc1nc(NC)nc2[nH]ncc12. The minimum atomic E-state index is -0.777. The van der Waals surface area contributed by atoms with E-state index in [-0.39, 0.29) is 0 Å². The minimum absolute atomic E-state index is 0.519. The minimum Gasteiger partial charge on any atom is -0.368 e. The highest BCUT2D eigenvalue weighted by atomic mass is 32.2. The first kappa shape index (κ1) is 12.7. The third-order valence-electron chi connectivity index (χ3n) is 2.48. The summed E-state index contributed by atoms with van der Waals surface area (Å²) in [7, 11) is 0.981. The number of fused-ring (bicyclic) bond motifs is 1. The largest absolute Gasteiger partial charge is 0.368 e. The van der Waals surface area contributed by atoms with Crippen LogP contribution in [0.5, 0.6) is 0 Å². The van der Waals surface area contributed by atoms with Crippen molar-refractivity contribution in [2.24, 2.45) is 0 Å². The van der Waals surface area contributed by atoms with E-state index in [1.54, 1.807) is 13.2 Å². The number of hydrogen-bond donors (Lipinski definition) is 3. The molecule has 98 valence electrons. The van der Waals surface area contributed by atoms with Gasteiger partial charge in [-0.05, 0) is 0 Å². The molecule has 3 N–H and O–H groups in total. The molecule has 8 heteroatoms. The zero-order chi connectivity index (χ0) is 13.0. The lowest BCUT2D eigenvalue weighted by Crippen LogP contribution is -2.13. The lowest BCUT2D eigenvalue weighted by molar-refractivity contribution is 0.684. The van der Waals surface area contributed by atoms with Crippen molar-refractivity contribution in [3.8, 4) is 0 Å². The monoisotopic (exact) mass is 268 g/mol. The standard InChI is InChI=1S/C10H16N6OS/c1-3-18(17)5-4-12-8-7-6-13-16-9(7)15-10(11-2)14-8/h6H,3-5H2,1-2H3,(H3,11,12,13,14,15,16). The lowest BCUT2D eigenvalue weighted by atomic mass is 10.4. The van der Waals surface area contributed by atoms with Crippen LogP contribution in [0, 0.1) is 0 Å². The van der Waals surface area contributed by atoms with Crippen LogP contribution < -0.4 is 10.6 Å². The van der Waals surface area contributed by atoms with E-state index in [1.807, 2.05) is 6.92 Å². The van der Waals surface area contributed by atoms with Gasteiger partial charge >= 0.3 is 0 Å². The highest BCUT2D eigenvalue weighted by Gasteiger charge is 2.08. The van der Waals surface area contributed by atoms with E-state index in [1.165, 1.54) is 0 Å². The van der Waals surface area contributed by atoms with E-state index >= 15 is 0 Å². The van der Waals surface area contributed by atoms with Gasteiger partial charge in [-0.3, -0.25) is 9.31 Å². The van der Waals surface area contributed by atoms with Gasteiger partial charge in [-0.1, -0.05) is 6.92 Å². The van der Waals surface area contributed by atoms with Gasteiger partial charge in [-0.25, -0.2) is 0 Å². The maximum absolute atomic E-state index is 11.3. The quantitative estimate of drug-likeness (QED) is 0.709. The summed E-state index contributed by atoms with van der Waals surface area (Å²) >= 11 is 0. The molecule has 0 aliphatic heterocycles. The third-order valence-corrected chi connectivity index (χ3v) is 3.78. The van der Waals surface area contributed by atoms with Crippen LogP contribution in [0.3, 0.4) is 0 Å². The molecule has 0 amide bonds. The highest BCUT2D eigenvalue weighted by Crippen LogP contribution is 2.19. The van der Waals surface area contributed by atoms with Crippen LogP contribution >= 0.6 is 0 Å². The van der Waals surface area contributed by atoms with Gasteiger partial charge in [-0.15, -0.1) is 0 Å². The Labute approximate surface area is 107 Å². The molecule has 0 radical (unpaired) electrons. The number of hydrogen-bond acceptors (Lipinski definition) is 6. The van der Waals surface area contributed by atoms with Crippen molar-refractivity contribution in [3.63, 3.8) is 0 Å². The zero-order valence-electron chi connectivity index (χ0n) is 10.4. The summed E-state index contributed by atoms with van der Waals surface area (Å²) in [5.41, 5.74) is 0.675. The van der Waals surface area contributed by atoms with E-state index in [4.69, 9.17) is 0 Å². The van der Waals surface area contributed by atoms with Crippen LogP contribution in [-0.4, -0.2) is 49.5 Å². The zero-order valence-corrected chi connectivity index (χ0v) is 11.2. The molecule has 18 heavy (non-hydrogen) atoms. The van der Waals surface area contributed by atoms with Gasteiger partial charge in [0.15, 0.2) is 5.65 Å². The predicted octanol–water partition coefficient (Wildman–Crippen LogP) is 0.575. The van der Waals surface area contributed by atoms with Crippen molar-refractivity contribution in [3.05, 3.63) is 6.20 Å². The number of aromatic nitrogens is 4. The molecule has 1 unspecified atom stereocenters. The molecule has 1 atom stereocenters. The molecule has 2 rings (SSSR count). The molecule has 2 aromatic heterocycles. The molecule has 0 fully saturated rings. The third kappa shape index (κ3) is 2.76. The van der Waals surface area contributed by atoms with Gasteiger partial charge < -0.3 is 10.6 Å². The van der Waals surface area contributed by atoms with Crippen LogP contribution in [0.2, 0.25) is 0 Å². The Kier molecular flexibility index (Phi) is 4.08. The fourth-order valence-electron chi connectivity index (χ4n) is 1.51. The van der Waals surface area contributed by atoms with Gasteiger partial charge in [0.2, 0.25) is 5.95 Å². The molecule has 0 saturated carbocycles. The summed E-state index contributed by atoms with van der Waals surface area (Å²) < 4.78 is 11.3. The maximum atomic E-state index is 11.3. The summed E-state index contributed by atoms with van der Waals surface area (Å²) in [6, 6.07) is 0. The molecular formula is C10H16N6OS. The summed E-state index contributed by atoms with van der Waals surface area (Å²) in [4.78, 5) is 8.56. The molecule has 0 aliphatic carbocycles. The van der Waals surface area contributed by atoms with E-state index in [2.05, 4.69) is 30.8 Å². The molecule has 0 aromatic carbocycles. The first-order chi connectivity index (χ1) is 8.74. The Morgan fingerprint density at radius 3 is 3.00 bits per heavy atom. The number of H-pyrrole nitrogens is 1. The van der Waals surface area contributed by atoms with Crippen LogP contribution in [0.4, 0.5) is 11.8 Å². The molecular weight excluding hydrogens is 252 g/mol. The average molecular weight is 268 g/mol. The number of rotatable bonds is 6. The Morgan fingerprint density at radius 1 is 1.44 bits per heavy atom. The Bertz CT molecular complexity index is 554. The number of anilines is 2. The lowest BCUT2D eigenvalue weighted by Gasteiger charge is -2.07. The number of nitrogens with one attached hydrogen (secondary N) is 3. The van der Waals surface area contributed by atoms with Crippen LogP contribution in [0.25, 0.3) is 11.0 Å². The fraction of sp³-hybridized carbons (Fsp3) is 0.500. The van der Waals surface area contributed by atoms with Gasteiger partial charge in [-0.2, -0.15) is 15.1 Å². The Hall–Kier alpha value is -1.70. The normalized spacial score (nSPS) is 12.6. The smallest absolute Gasteiger partial charge is 0.226 e. The molecule has 0 spiro atoms. The molecule has 2 heterocycles. The van der Waals surface area contributed by atoms with Crippen molar-refractivity contribution < 1.29 is 4.21 Å². The number of aromatic amines is 1. The Balaban J connectivity index is 2.15. The Morgan fingerprint density at radius 2 is 2.28 bits per heavy atom. The summed E-state index contributed by atoms with van der Waals surface area (Å²) in [6.07, 6.45) is 1.67. The van der Waals surface area contributed by atoms with Gasteiger partial charge in [0.1, 0.15) is 5.82 Å². The van der Waals surface area contributed by atoms with Crippen LogP contribution in [0.1, 0.15) is 6.92 Å². The van der Waals surface area contributed by atoms with Gasteiger partial charge in [0.25, 0.3) is 0 Å². The summed E-state index contributed by atoms with van der Waals surface area (Å²) in [5.74, 6) is 2.50. The second kappa shape index (κ2) is 5.76. The predicted molar refractivity (Wildman–Crippen MR) is 73.3 cm³/mol. The first-order valence-corrected chi connectivity index (χ1v) is 7.21. The summed E-state index contributed by atoms with van der Waals surface area (Å²) in [6.45, 7) is 2.52. The van der Waals surface area contributed by atoms with Crippen molar-refractivity contribution in [1.82, 2.24) is 20.2 Å². The molecule has 0 saturated heterocycles. The topological polar surface area (TPSA) is 95.6 Å². The van der Waals surface area contributed by atoms with Crippen LogP contribution in [0.15, 0.2) is 6.20 Å². The molecule has 2 aromatic rings. The molecule has 0 bridgehead atoms. The van der Waals surface area contributed by atoms with E-state index in [0.717, 1.165) is 5.39 Å². The maximum Gasteiger partial charge on any atom is 0.226 e. The van der Waals surface area contributed by atoms with Gasteiger partial charge in [0, 0.05) is 35.9 Å². The van der Waals surface area contributed by atoms with Crippen molar-refractivity contribution in [2.75, 3.05) is 35.7 Å². The van der Waals surface area contributed by atoms with Crippen LogP contribution in [-0.2, 0) is 10.8 Å². The summed E-state index contributed by atoms with van der Waals surface area (Å²) in [5, 5.41) is 13.6. The second-order valence-corrected chi connectivity index (χ2v) is 5.50. The average Bonchev–Trinajstić information content (AvgIpc) is 2.86. The second-order valence-electron chi connectivity index (χ2n) is 3.64. The van der Waals surface area contributed by atoms with Crippen molar-refractivity contribution in [1.29, 1.82) is 0 Å². The highest BCUT2D eigenvalue weighted by molar-refractivity contribution is 7.84.